The van der Waals surface area contributed by atoms with Crippen LogP contribution in [0.2, 0.25) is 0 Å². The van der Waals surface area contributed by atoms with Crippen molar-refractivity contribution in [2.75, 3.05) is 10.6 Å². The van der Waals surface area contributed by atoms with Crippen LogP contribution in [0.25, 0.3) is 11.4 Å². The summed E-state index contributed by atoms with van der Waals surface area (Å²) in [6, 6.07) is 11.3. The summed E-state index contributed by atoms with van der Waals surface area (Å²) in [5.41, 5.74) is 2.01. The Morgan fingerprint density at radius 3 is 2.57 bits per heavy atom. The molecule has 0 bridgehead atoms. The highest BCUT2D eigenvalue weighted by Crippen LogP contribution is 2.21. The van der Waals surface area contributed by atoms with Gasteiger partial charge in [-0.1, -0.05) is 28.9 Å². The lowest BCUT2D eigenvalue weighted by atomic mass is 10.1. The van der Waals surface area contributed by atoms with Crippen molar-refractivity contribution < 1.29 is 22.1 Å². The number of nitrogens with zero attached hydrogens (tertiary/aromatic N) is 3. The minimum atomic E-state index is -3.80. The average Bonchev–Trinajstić information content (AvgIpc) is 3.16. The molecule has 3 rings (SSSR count). The minimum absolute atomic E-state index is 0.0665. The van der Waals surface area contributed by atoms with Crippen LogP contribution < -0.4 is 9.62 Å². The van der Waals surface area contributed by atoms with E-state index in [1.165, 1.54) is 19.1 Å². The van der Waals surface area contributed by atoms with Gasteiger partial charge >= 0.3 is 0 Å². The first-order chi connectivity index (χ1) is 14.1. The molecule has 0 unspecified atom stereocenters. The fourth-order valence-electron chi connectivity index (χ4n) is 2.94. The fourth-order valence-corrected chi connectivity index (χ4v) is 4.11. The lowest BCUT2D eigenvalue weighted by Gasteiger charge is -2.28. The first kappa shape index (κ1) is 21.4. The number of halogens is 1. The predicted octanol–water partition coefficient (Wildman–Crippen LogP) is 2.66. The zero-order valence-corrected chi connectivity index (χ0v) is 17.5. The van der Waals surface area contributed by atoms with E-state index in [1.54, 1.807) is 0 Å². The Balaban J connectivity index is 1.71. The molecule has 0 aliphatic carbocycles. The van der Waals surface area contributed by atoms with Gasteiger partial charge in [0.1, 0.15) is 11.9 Å². The third-order valence-electron chi connectivity index (χ3n) is 4.33. The summed E-state index contributed by atoms with van der Waals surface area (Å²) >= 11 is 0. The molecule has 0 saturated carbocycles. The maximum atomic E-state index is 13.2. The first-order valence-corrected chi connectivity index (χ1v) is 10.9. The highest BCUT2D eigenvalue weighted by atomic mass is 32.2. The van der Waals surface area contributed by atoms with Crippen molar-refractivity contribution >= 4 is 21.6 Å². The Morgan fingerprint density at radius 2 is 1.93 bits per heavy atom. The summed E-state index contributed by atoms with van der Waals surface area (Å²) in [5, 5.41) is 6.49. The van der Waals surface area contributed by atoms with Crippen LogP contribution in [0.15, 0.2) is 53.1 Å². The Hall–Kier alpha value is -3.27. The third-order valence-corrected chi connectivity index (χ3v) is 5.57. The zero-order chi connectivity index (χ0) is 21.9. The van der Waals surface area contributed by atoms with Crippen molar-refractivity contribution in [3.05, 3.63) is 65.8 Å². The molecular formula is C20H21FN4O4S. The van der Waals surface area contributed by atoms with Gasteiger partial charge in [-0.25, -0.2) is 12.8 Å². The van der Waals surface area contributed by atoms with E-state index in [9.17, 15) is 17.6 Å². The van der Waals surface area contributed by atoms with Crippen molar-refractivity contribution in [1.29, 1.82) is 0 Å². The third kappa shape index (κ3) is 5.01. The lowest BCUT2D eigenvalue weighted by Crippen LogP contribution is -2.47. The van der Waals surface area contributed by atoms with Crippen molar-refractivity contribution in [1.82, 2.24) is 15.5 Å². The van der Waals surface area contributed by atoms with Crippen molar-refractivity contribution in [2.24, 2.45) is 0 Å². The van der Waals surface area contributed by atoms with Gasteiger partial charge in [-0.05, 0) is 44.2 Å². The first-order valence-electron chi connectivity index (χ1n) is 9.07. The van der Waals surface area contributed by atoms with Crippen LogP contribution in [0.4, 0.5) is 10.1 Å². The largest absolute Gasteiger partial charge is 0.345 e. The number of nitrogens with one attached hydrogen (secondary N) is 1. The van der Waals surface area contributed by atoms with E-state index in [1.807, 2.05) is 31.2 Å². The summed E-state index contributed by atoms with van der Waals surface area (Å²) < 4.78 is 43.8. The maximum absolute atomic E-state index is 13.2. The average molecular weight is 432 g/mol. The molecule has 158 valence electrons. The number of hydrogen-bond acceptors (Lipinski definition) is 6. The monoisotopic (exact) mass is 432 g/mol. The SMILES string of the molecule is Cc1cccc(-c2noc(CNC(=O)[C@@H](C)N(c3ccc(F)cc3)S(C)(=O)=O)n2)c1. The second-order valence-electron chi connectivity index (χ2n) is 6.81. The Labute approximate surface area is 173 Å². The molecule has 1 N–H and O–H groups in total. The van der Waals surface area contributed by atoms with Gasteiger partial charge in [0, 0.05) is 5.56 Å². The molecule has 0 saturated heterocycles. The smallest absolute Gasteiger partial charge is 0.246 e. The molecule has 10 heteroatoms. The van der Waals surface area contributed by atoms with Gasteiger partial charge in [0.2, 0.25) is 27.6 Å². The molecule has 1 heterocycles. The van der Waals surface area contributed by atoms with Gasteiger partial charge < -0.3 is 9.84 Å². The molecule has 0 spiro atoms. The molecule has 2 aromatic carbocycles. The molecule has 0 aliphatic rings. The van der Waals surface area contributed by atoms with Gasteiger partial charge in [-0.2, -0.15) is 4.98 Å². The number of aryl methyl sites for hydroxylation is 1. The molecule has 1 atom stereocenters. The van der Waals surface area contributed by atoms with Gasteiger partial charge in [0.05, 0.1) is 18.5 Å². The van der Waals surface area contributed by atoms with Gasteiger partial charge in [-0.15, -0.1) is 0 Å². The van der Waals surface area contributed by atoms with Crippen LogP contribution >= 0.6 is 0 Å². The van der Waals surface area contributed by atoms with E-state index in [4.69, 9.17) is 4.52 Å². The molecule has 0 radical (unpaired) electrons. The minimum Gasteiger partial charge on any atom is -0.345 e. The number of rotatable bonds is 7. The van der Waals surface area contributed by atoms with E-state index in [0.29, 0.717) is 5.82 Å². The van der Waals surface area contributed by atoms with Gasteiger partial charge in [0.25, 0.3) is 0 Å². The van der Waals surface area contributed by atoms with Crippen LogP contribution in [-0.4, -0.2) is 36.8 Å². The quantitative estimate of drug-likeness (QED) is 0.615. The predicted molar refractivity (Wildman–Crippen MR) is 110 cm³/mol. The van der Waals surface area contributed by atoms with Crippen molar-refractivity contribution in [2.45, 2.75) is 26.4 Å². The number of aromatic nitrogens is 2. The van der Waals surface area contributed by atoms with E-state index in [0.717, 1.165) is 33.8 Å². The summed E-state index contributed by atoms with van der Waals surface area (Å²) in [6.07, 6.45) is 0.978. The summed E-state index contributed by atoms with van der Waals surface area (Å²) in [6.45, 7) is 3.31. The van der Waals surface area contributed by atoms with Crippen LogP contribution in [0, 0.1) is 12.7 Å². The highest BCUT2D eigenvalue weighted by molar-refractivity contribution is 7.92. The fraction of sp³-hybridized carbons (Fsp3) is 0.250. The molecule has 8 nitrogen and oxygen atoms in total. The number of carbonyl (C=O) groups is 1. The second-order valence-corrected chi connectivity index (χ2v) is 8.67. The highest BCUT2D eigenvalue weighted by Gasteiger charge is 2.29. The molecule has 1 amide bonds. The Bertz CT molecular complexity index is 1150. The van der Waals surface area contributed by atoms with Gasteiger partial charge in [-0.3, -0.25) is 9.10 Å². The Kier molecular flexibility index (Phi) is 6.16. The van der Waals surface area contributed by atoms with Gasteiger partial charge in [0.15, 0.2) is 0 Å². The topological polar surface area (TPSA) is 105 Å². The van der Waals surface area contributed by atoms with E-state index < -0.39 is 27.8 Å². The van der Waals surface area contributed by atoms with Crippen LogP contribution in [0.3, 0.4) is 0 Å². The van der Waals surface area contributed by atoms with Crippen molar-refractivity contribution in [3.8, 4) is 11.4 Å². The van der Waals surface area contributed by atoms with Crippen molar-refractivity contribution in [3.63, 3.8) is 0 Å². The van der Waals surface area contributed by atoms with Crippen LogP contribution in [-0.2, 0) is 21.4 Å². The van der Waals surface area contributed by atoms with E-state index in [2.05, 4.69) is 15.5 Å². The standard InChI is InChI=1S/C20H21FN4O4S/c1-13-5-4-6-15(11-13)19-23-18(29-24-19)12-22-20(26)14(2)25(30(3,27)28)17-9-7-16(21)8-10-17/h4-11,14H,12H2,1-3H3,(H,22,26)/t14-/m1/s1. The number of sulfonamides is 1. The molecule has 3 aromatic rings. The lowest BCUT2D eigenvalue weighted by molar-refractivity contribution is -0.122. The Morgan fingerprint density at radius 1 is 1.23 bits per heavy atom. The molecule has 0 aliphatic heterocycles. The number of hydrogen-bond donors (Lipinski definition) is 1. The van der Waals surface area contributed by atoms with Crippen LogP contribution in [0.1, 0.15) is 18.4 Å². The summed E-state index contributed by atoms with van der Waals surface area (Å²) in [4.78, 5) is 16.8. The molecule has 30 heavy (non-hydrogen) atoms. The number of benzene rings is 2. The summed E-state index contributed by atoms with van der Waals surface area (Å²) in [5.74, 6) is -0.509. The van der Waals surface area contributed by atoms with E-state index >= 15 is 0 Å². The molecule has 1 aromatic heterocycles. The number of anilines is 1. The maximum Gasteiger partial charge on any atom is 0.246 e. The molecule has 0 fully saturated rings. The zero-order valence-electron chi connectivity index (χ0n) is 16.7. The van der Waals surface area contributed by atoms with Crippen LogP contribution in [0.5, 0.6) is 0 Å². The summed E-state index contributed by atoms with van der Waals surface area (Å²) in [7, 11) is -3.80. The normalized spacial score (nSPS) is 12.4. The number of amides is 1. The second kappa shape index (κ2) is 8.62. The number of carbonyl (C=O) groups excluding carboxylic acids is 1. The van der Waals surface area contributed by atoms with E-state index in [-0.39, 0.29) is 18.1 Å². The molecular weight excluding hydrogens is 411 g/mol.